The van der Waals surface area contributed by atoms with Gasteiger partial charge in [0.15, 0.2) is 8.32 Å². The number of benzene rings is 2. The monoisotopic (exact) mass is 1070 g/mol. The molecule has 2 aromatic rings. The molecule has 0 saturated carbocycles. The van der Waals surface area contributed by atoms with Gasteiger partial charge in [0.1, 0.15) is 24.2 Å². The van der Waals surface area contributed by atoms with E-state index in [1.165, 1.54) is 53.0 Å². The van der Waals surface area contributed by atoms with Gasteiger partial charge < -0.3 is 23.4 Å². The third kappa shape index (κ3) is 13.9. The Morgan fingerprint density at radius 1 is 0.676 bits per heavy atom. The van der Waals surface area contributed by atoms with Crippen molar-refractivity contribution in [2.45, 2.75) is 139 Å². The third-order valence-electron chi connectivity index (χ3n) is 11.4. The summed E-state index contributed by atoms with van der Waals surface area (Å²) in [6, 6.07) is 11.0. The molecule has 0 unspecified atom stereocenters. The van der Waals surface area contributed by atoms with Gasteiger partial charge in [-0.15, -0.1) is 0 Å². The average molecular weight is 1070 g/mol. The minimum Gasteiger partial charge on any atom is -0.497 e. The van der Waals surface area contributed by atoms with Crippen molar-refractivity contribution in [2.24, 2.45) is 5.92 Å². The van der Waals surface area contributed by atoms with E-state index in [-0.39, 0.29) is 18.3 Å². The number of amides is 1. The summed E-state index contributed by atoms with van der Waals surface area (Å²) >= 11 is 0. The van der Waals surface area contributed by atoms with Crippen molar-refractivity contribution in [2.75, 3.05) is 32.2 Å². The predicted octanol–water partition coefficient (Wildman–Crippen LogP) is 15.0. The minimum absolute atomic E-state index is 0.143. The van der Waals surface area contributed by atoms with E-state index < -0.39 is 111 Å². The van der Waals surface area contributed by atoms with Gasteiger partial charge in [-0.2, -0.15) is 74.6 Å². The maximum absolute atomic E-state index is 15.1. The van der Waals surface area contributed by atoms with E-state index in [1.54, 1.807) is 56.3 Å². The molecule has 1 amide bonds. The van der Waals surface area contributed by atoms with E-state index in [2.05, 4.69) is 5.32 Å². The summed E-state index contributed by atoms with van der Waals surface area (Å²) in [5.74, 6) is -57.0. The summed E-state index contributed by atoms with van der Waals surface area (Å²) in [5.41, 5.74) is -0.280. The van der Waals surface area contributed by atoms with Crippen molar-refractivity contribution in [3.8, 4) is 11.5 Å². The molecule has 0 radical (unpaired) electrons. The lowest BCUT2D eigenvalue weighted by Gasteiger charge is -2.44. The van der Waals surface area contributed by atoms with Gasteiger partial charge in [0.25, 0.3) is 0 Å². The second-order valence-corrected chi connectivity index (χ2v) is 22.0. The Morgan fingerprint density at radius 3 is 1.65 bits per heavy atom. The highest BCUT2D eigenvalue weighted by Crippen LogP contribution is 2.64. The molecule has 0 aliphatic heterocycles. The largest absolute Gasteiger partial charge is 0.497 e. The van der Waals surface area contributed by atoms with Crippen LogP contribution in [0.5, 0.6) is 11.5 Å². The summed E-state index contributed by atoms with van der Waals surface area (Å²) in [5, 5.41) is 2.62. The van der Waals surface area contributed by atoms with Crippen LogP contribution in [0.3, 0.4) is 0 Å². The van der Waals surface area contributed by atoms with Crippen LogP contribution in [0.2, 0.25) is 17.1 Å². The highest BCUT2D eigenvalue weighted by atomic mass is 28.4. The number of alkyl halides is 17. The van der Waals surface area contributed by atoms with Gasteiger partial charge in [-0.25, -0.2) is 9.59 Å². The molecule has 8 nitrogen and oxygen atoms in total. The van der Waals surface area contributed by atoms with Crippen molar-refractivity contribution in [3.63, 3.8) is 0 Å². The molecule has 0 saturated heterocycles. The normalized spacial score (nSPS) is 15.0. The predicted molar refractivity (Wildman–Crippen MR) is 228 cm³/mol. The number of ether oxygens (including phenoxy) is 4. The first-order valence-electron chi connectivity index (χ1n) is 21.6. The molecule has 0 aliphatic carbocycles. The highest BCUT2D eigenvalue weighted by molar-refractivity contribution is 6.76. The van der Waals surface area contributed by atoms with E-state index in [1.807, 2.05) is 13.0 Å². The van der Waals surface area contributed by atoms with Crippen LogP contribution in [0, 0.1) is 5.92 Å². The molecule has 0 heterocycles. The standard InChI is InChI=1S/C45H54F17NO7Si/c1-9-67-35(64)26-29(6)12-10-11-13-30(7)36(70-37(65)63-32-16-20-33(66-8)21-17-32)31-14-18-34(19-15-31)68-23-24-69-71(27(2)3,28(4)5)25-22-38(46,47)39(48,49)40(50,51)41(52,53)42(54,55)43(56,57)44(58,59)45(60,61)62/h10,12,14-21,26-28,30,36H,9,11,13,22-25H2,1-8H3,(H,63,65)/b12-10+,29-26+/t30-,36+/m0/s1. The summed E-state index contributed by atoms with van der Waals surface area (Å²) in [6.07, 6.45) is -6.30. The topological polar surface area (TPSA) is 92.3 Å². The second-order valence-electron chi connectivity index (χ2n) is 17.0. The second kappa shape index (κ2) is 23.9. The number of nitrogens with one attached hydrogen (secondary N) is 1. The summed E-state index contributed by atoms with van der Waals surface area (Å²) in [4.78, 5) is 24.8. The van der Waals surface area contributed by atoms with Gasteiger partial charge in [0, 0.05) is 18.2 Å². The Labute approximate surface area is 399 Å². The minimum atomic E-state index is -8.70. The van der Waals surface area contributed by atoms with Crippen molar-refractivity contribution in [3.05, 3.63) is 77.9 Å². The molecule has 71 heavy (non-hydrogen) atoms. The third-order valence-corrected chi connectivity index (χ3v) is 17.1. The zero-order chi connectivity index (χ0) is 54.8. The molecule has 0 aliphatic rings. The van der Waals surface area contributed by atoms with Gasteiger partial charge in [-0.3, -0.25) is 5.32 Å². The molecule has 0 spiro atoms. The quantitative estimate of drug-likeness (QED) is 0.0238. The maximum atomic E-state index is 15.1. The number of carbonyl (C=O) groups excluding carboxylic acids is 2. The Balaban J connectivity index is 2.30. The number of carbonyl (C=O) groups is 2. The number of hydrogen-bond donors (Lipinski definition) is 1. The molecule has 404 valence electrons. The average Bonchev–Trinajstić information content (AvgIpc) is 3.26. The lowest BCUT2D eigenvalue weighted by atomic mass is 9.88. The fourth-order valence-electron chi connectivity index (χ4n) is 7.15. The molecule has 2 atom stereocenters. The first kappa shape index (κ1) is 62.4. The van der Waals surface area contributed by atoms with Gasteiger partial charge >= 0.3 is 59.7 Å². The summed E-state index contributed by atoms with van der Waals surface area (Å²) in [7, 11) is -2.56. The number of halogens is 17. The molecule has 0 aromatic heterocycles. The number of allylic oxidation sites excluding steroid dienone is 3. The number of hydrogen-bond acceptors (Lipinski definition) is 7. The van der Waals surface area contributed by atoms with Crippen molar-refractivity contribution in [1.82, 2.24) is 0 Å². The van der Waals surface area contributed by atoms with Crippen LogP contribution in [-0.4, -0.2) is 94.9 Å². The Morgan fingerprint density at radius 2 is 1.17 bits per heavy atom. The lowest BCUT2D eigenvalue weighted by molar-refractivity contribution is -0.461. The van der Waals surface area contributed by atoms with Crippen molar-refractivity contribution < 1.29 is 108 Å². The van der Waals surface area contributed by atoms with E-state index in [4.69, 9.17) is 23.4 Å². The first-order valence-corrected chi connectivity index (χ1v) is 23.8. The lowest BCUT2D eigenvalue weighted by Crippen LogP contribution is -2.74. The van der Waals surface area contributed by atoms with Crippen molar-refractivity contribution >= 4 is 26.1 Å². The van der Waals surface area contributed by atoms with Crippen LogP contribution < -0.4 is 14.8 Å². The van der Waals surface area contributed by atoms with Crippen LogP contribution in [0.15, 0.2) is 72.3 Å². The van der Waals surface area contributed by atoms with Gasteiger partial charge in [-0.1, -0.05) is 58.9 Å². The first-order chi connectivity index (χ1) is 32.3. The number of anilines is 1. The van der Waals surface area contributed by atoms with Gasteiger partial charge in [0.05, 0.1) is 20.3 Å². The smallest absolute Gasteiger partial charge is 0.460 e. The molecule has 26 heteroatoms. The SMILES string of the molecule is CCOC(=O)/C=C(C)/C=C/CC[C@H](C)[C@@H](OC(=O)Nc1ccc(OC)cc1)c1ccc(OCCO[Si](CCC(F)(F)C(F)(F)C(F)(F)C(F)(F)C(F)(F)C(F)(F)C(F)(F)C(F)(F)F)(C(C)C)C(C)C)cc1. The van der Waals surface area contributed by atoms with E-state index in [0.717, 1.165) is 0 Å². The molecular weight excluding hydrogens is 1020 g/mol. The summed E-state index contributed by atoms with van der Waals surface area (Å²) < 4.78 is 264. The fourth-order valence-corrected chi connectivity index (χ4v) is 11.6. The highest BCUT2D eigenvalue weighted by Gasteiger charge is 2.95. The zero-order valence-electron chi connectivity index (χ0n) is 39.4. The fraction of sp³-hybridized carbons (Fsp3) is 0.600. The van der Waals surface area contributed by atoms with Crippen LogP contribution in [0.4, 0.5) is 85.1 Å². The van der Waals surface area contributed by atoms with E-state index in [9.17, 15) is 75.4 Å². The Hall–Kier alpha value is -4.75. The van der Waals surface area contributed by atoms with E-state index >= 15 is 8.78 Å². The Kier molecular flexibility index (Phi) is 21.0. The van der Waals surface area contributed by atoms with E-state index in [0.29, 0.717) is 35.4 Å². The number of methoxy groups -OCH3 is 1. The molecule has 0 fully saturated rings. The number of rotatable bonds is 27. The van der Waals surface area contributed by atoms with Crippen LogP contribution in [-0.2, 0) is 18.7 Å². The van der Waals surface area contributed by atoms with Crippen LogP contribution >= 0.6 is 0 Å². The molecule has 1 N–H and O–H groups in total. The van der Waals surface area contributed by atoms with Crippen LogP contribution in [0.1, 0.15) is 79.4 Å². The van der Waals surface area contributed by atoms with Crippen molar-refractivity contribution in [1.29, 1.82) is 0 Å². The molecule has 2 aromatic carbocycles. The van der Waals surface area contributed by atoms with Gasteiger partial charge in [-0.05, 0) is 97.3 Å². The maximum Gasteiger partial charge on any atom is 0.460 e. The van der Waals surface area contributed by atoms with Gasteiger partial charge in [0.2, 0.25) is 0 Å². The molecular formula is C45H54F17NO7Si. The van der Waals surface area contributed by atoms with Crippen LogP contribution in [0.25, 0.3) is 0 Å². The summed E-state index contributed by atoms with van der Waals surface area (Å²) in [6.45, 7) is 9.74. The molecule has 0 bridgehead atoms. The molecule has 2 rings (SSSR count). The zero-order valence-corrected chi connectivity index (χ0v) is 40.4. The number of esters is 1. The Bertz CT molecular complexity index is 2090.